The van der Waals surface area contributed by atoms with Gasteiger partial charge in [0.2, 0.25) is 0 Å². The van der Waals surface area contributed by atoms with Gasteiger partial charge in [-0.1, -0.05) is 12.1 Å². The van der Waals surface area contributed by atoms with Gasteiger partial charge in [0.1, 0.15) is 0 Å². The van der Waals surface area contributed by atoms with E-state index in [0.717, 1.165) is 45.0 Å². The molecule has 27 heavy (non-hydrogen) atoms. The molecule has 1 aliphatic heterocycles. The van der Waals surface area contributed by atoms with Crippen LogP contribution in [-0.2, 0) is 15.9 Å². The van der Waals surface area contributed by atoms with E-state index in [2.05, 4.69) is 51.5 Å². The van der Waals surface area contributed by atoms with Crippen molar-refractivity contribution < 1.29 is 9.47 Å². The molecule has 6 nitrogen and oxygen atoms in total. The lowest BCUT2D eigenvalue weighted by atomic mass is 10.1. The van der Waals surface area contributed by atoms with Gasteiger partial charge >= 0.3 is 0 Å². The Morgan fingerprint density at radius 3 is 3.07 bits per heavy atom. The van der Waals surface area contributed by atoms with Crippen LogP contribution in [0.4, 0.5) is 0 Å². The molecule has 1 atom stereocenters. The van der Waals surface area contributed by atoms with E-state index in [1.54, 1.807) is 7.11 Å². The van der Waals surface area contributed by atoms with E-state index in [9.17, 15) is 0 Å². The van der Waals surface area contributed by atoms with Crippen molar-refractivity contribution in [1.82, 2.24) is 15.2 Å². The summed E-state index contributed by atoms with van der Waals surface area (Å²) in [6.45, 7) is 7.20. The van der Waals surface area contributed by atoms with Crippen LogP contribution in [0.3, 0.4) is 0 Å². The van der Waals surface area contributed by atoms with Crippen LogP contribution in [0.15, 0.2) is 29.4 Å². The zero-order chi connectivity index (χ0) is 19.1. The summed E-state index contributed by atoms with van der Waals surface area (Å²) in [7, 11) is 3.56. The SMILES string of the molecule is CN=C(NCCc1c[nH]c2cccc(C)c12)N1CCC(COCCOC)C1. The van der Waals surface area contributed by atoms with Crippen LogP contribution in [0.1, 0.15) is 17.5 Å². The van der Waals surface area contributed by atoms with Gasteiger partial charge in [-0.3, -0.25) is 4.99 Å². The molecule has 0 spiro atoms. The fourth-order valence-corrected chi connectivity index (χ4v) is 3.84. The number of aromatic amines is 1. The second-order valence-electron chi connectivity index (χ2n) is 7.20. The molecule has 0 radical (unpaired) electrons. The number of H-pyrrole nitrogens is 1. The maximum atomic E-state index is 5.69. The number of fused-ring (bicyclic) bond motifs is 1. The summed E-state index contributed by atoms with van der Waals surface area (Å²) in [4.78, 5) is 10.2. The minimum atomic E-state index is 0.566. The number of guanidine groups is 1. The van der Waals surface area contributed by atoms with Gasteiger partial charge in [0, 0.05) is 56.8 Å². The van der Waals surface area contributed by atoms with E-state index in [1.165, 1.54) is 22.0 Å². The zero-order valence-electron chi connectivity index (χ0n) is 16.8. The molecule has 1 unspecified atom stereocenters. The lowest BCUT2D eigenvalue weighted by molar-refractivity contribution is 0.0536. The summed E-state index contributed by atoms with van der Waals surface area (Å²) in [6, 6.07) is 6.41. The van der Waals surface area contributed by atoms with Gasteiger partial charge < -0.3 is 24.7 Å². The van der Waals surface area contributed by atoms with E-state index < -0.39 is 0 Å². The Bertz CT molecular complexity index is 756. The number of hydrogen-bond acceptors (Lipinski definition) is 3. The number of nitrogens with zero attached hydrogens (tertiary/aromatic N) is 2. The molecular weight excluding hydrogens is 340 g/mol. The molecule has 2 N–H and O–H groups in total. The van der Waals surface area contributed by atoms with Gasteiger partial charge in [-0.15, -0.1) is 0 Å². The predicted molar refractivity (Wildman–Crippen MR) is 110 cm³/mol. The van der Waals surface area contributed by atoms with Crippen molar-refractivity contribution in [2.45, 2.75) is 19.8 Å². The first-order valence-corrected chi connectivity index (χ1v) is 9.80. The third kappa shape index (κ3) is 5.02. The quantitative estimate of drug-likeness (QED) is 0.425. The second-order valence-corrected chi connectivity index (χ2v) is 7.20. The van der Waals surface area contributed by atoms with Gasteiger partial charge in [0.25, 0.3) is 0 Å². The third-order valence-electron chi connectivity index (χ3n) is 5.26. The number of aliphatic imine (C=N–C) groups is 1. The Kier molecular flexibility index (Phi) is 7.12. The van der Waals surface area contributed by atoms with Crippen molar-refractivity contribution in [1.29, 1.82) is 0 Å². The summed E-state index contributed by atoms with van der Waals surface area (Å²) in [6.07, 6.45) is 4.25. The number of methoxy groups -OCH3 is 1. The van der Waals surface area contributed by atoms with Crippen LogP contribution < -0.4 is 5.32 Å². The molecule has 1 aromatic carbocycles. The number of aryl methyl sites for hydroxylation is 1. The van der Waals surface area contributed by atoms with Crippen LogP contribution in [0.5, 0.6) is 0 Å². The summed E-state index contributed by atoms with van der Waals surface area (Å²) < 4.78 is 10.7. The molecule has 0 amide bonds. The van der Waals surface area contributed by atoms with Crippen LogP contribution in [0, 0.1) is 12.8 Å². The Morgan fingerprint density at radius 1 is 1.37 bits per heavy atom. The minimum absolute atomic E-state index is 0.566. The number of nitrogens with one attached hydrogen (secondary N) is 2. The van der Waals surface area contributed by atoms with Crippen molar-refractivity contribution in [2.75, 3.05) is 53.6 Å². The summed E-state index contributed by atoms with van der Waals surface area (Å²) >= 11 is 0. The van der Waals surface area contributed by atoms with Gasteiger partial charge in [-0.25, -0.2) is 0 Å². The molecule has 148 valence electrons. The number of benzene rings is 1. The maximum Gasteiger partial charge on any atom is 0.193 e. The average molecular weight is 373 g/mol. The van der Waals surface area contributed by atoms with E-state index in [1.807, 2.05) is 7.05 Å². The number of likely N-dealkylation sites (tertiary alicyclic amines) is 1. The molecule has 1 fully saturated rings. The van der Waals surface area contributed by atoms with Gasteiger partial charge in [0.05, 0.1) is 19.8 Å². The Balaban J connectivity index is 1.47. The molecule has 0 bridgehead atoms. The van der Waals surface area contributed by atoms with Crippen molar-refractivity contribution in [3.63, 3.8) is 0 Å². The molecule has 1 aromatic heterocycles. The third-order valence-corrected chi connectivity index (χ3v) is 5.26. The highest BCUT2D eigenvalue weighted by molar-refractivity contribution is 5.86. The van der Waals surface area contributed by atoms with Gasteiger partial charge in [-0.05, 0) is 37.0 Å². The van der Waals surface area contributed by atoms with Crippen molar-refractivity contribution in [3.8, 4) is 0 Å². The zero-order valence-corrected chi connectivity index (χ0v) is 16.8. The maximum absolute atomic E-state index is 5.69. The number of aromatic nitrogens is 1. The minimum Gasteiger partial charge on any atom is -0.382 e. The normalized spacial score (nSPS) is 17.8. The van der Waals surface area contributed by atoms with Crippen LogP contribution >= 0.6 is 0 Å². The van der Waals surface area contributed by atoms with Gasteiger partial charge in [-0.2, -0.15) is 0 Å². The second kappa shape index (κ2) is 9.76. The van der Waals surface area contributed by atoms with Gasteiger partial charge in [0.15, 0.2) is 5.96 Å². The topological polar surface area (TPSA) is 61.9 Å². The molecule has 2 heterocycles. The molecule has 3 rings (SSSR count). The number of hydrogen-bond donors (Lipinski definition) is 2. The summed E-state index contributed by atoms with van der Waals surface area (Å²) in [5.41, 5.74) is 3.89. The lowest BCUT2D eigenvalue weighted by Crippen LogP contribution is -2.41. The molecule has 1 aliphatic rings. The fourth-order valence-electron chi connectivity index (χ4n) is 3.84. The lowest BCUT2D eigenvalue weighted by Gasteiger charge is -2.21. The summed E-state index contributed by atoms with van der Waals surface area (Å²) in [5.74, 6) is 1.56. The highest BCUT2D eigenvalue weighted by Gasteiger charge is 2.24. The van der Waals surface area contributed by atoms with E-state index in [4.69, 9.17) is 9.47 Å². The van der Waals surface area contributed by atoms with Crippen molar-refractivity contribution >= 4 is 16.9 Å². The van der Waals surface area contributed by atoms with Crippen LogP contribution in [0.2, 0.25) is 0 Å². The molecular formula is C21H32N4O2. The highest BCUT2D eigenvalue weighted by Crippen LogP contribution is 2.22. The van der Waals surface area contributed by atoms with Crippen LogP contribution in [0.25, 0.3) is 10.9 Å². The monoisotopic (exact) mass is 372 g/mol. The predicted octanol–water partition coefficient (Wildman–Crippen LogP) is 2.58. The van der Waals surface area contributed by atoms with E-state index in [0.29, 0.717) is 19.1 Å². The summed E-state index contributed by atoms with van der Waals surface area (Å²) in [5, 5.41) is 4.88. The molecule has 0 aliphatic carbocycles. The first kappa shape index (κ1) is 19.7. The Hall–Kier alpha value is -2.05. The fraction of sp³-hybridized carbons (Fsp3) is 0.571. The Morgan fingerprint density at radius 2 is 2.26 bits per heavy atom. The van der Waals surface area contributed by atoms with Crippen molar-refractivity contribution in [2.24, 2.45) is 10.9 Å². The first-order valence-electron chi connectivity index (χ1n) is 9.80. The number of ether oxygens (including phenoxy) is 2. The molecule has 1 saturated heterocycles. The van der Waals surface area contributed by atoms with Crippen LogP contribution in [-0.4, -0.2) is 69.5 Å². The average Bonchev–Trinajstić information content (AvgIpc) is 3.30. The number of rotatable bonds is 8. The highest BCUT2D eigenvalue weighted by atomic mass is 16.5. The smallest absolute Gasteiger partial charge is 0.193 e. The standard InChI is InChI=1S/C21H32N4O2/c1-16-5-4-6-19-20(16)18(13-24-19)7-9-23-21(22-2)25-10-8-17(14-25)15-27-12-11-26-3/h4-6,13,17,24H,7-12,14-15H2,1-3H3,(H,22,23). The first-order chi connectivity index (χ1) is 13.2. The largest absolute Gasteiger partial charge is 0.382 e. The molecule has 0 saturated carbocycles. The van der Waals surface area contributed by atoms with E-state index >= 15 is 0 Å². The Labute approximate surface area is 161 Å². The van der Waals surface area contributed by atoms with E-state index in [-0.39, 0.29) is 0 Å². The molecule has 2 aromatic rings. The van der Waals surface area contributed by atoms with Crippen molar-refractivity contribution in [3.05, 3.63) is 35.5 Å². The molecule has 6 heteroatoms.